The number of aliphatic hydroxyl groups is 1. The van der Waals surface area contributed by atoms with Crippen LogP contribution in [0.5, 0.6) is 0 Å². The van der Waals surface area contributed by atoms with E-state index in [1.54, 1.807) is 24.3 Å². The molecule has 210 valence electrons. The first-order valence-corrected chi connectivity index (χ1v) is 14.8. The summed E-state index contributed by atoms with van der Waals surface area (Å²) in [7, 11) is -3.87. The van der Waals surface area contributed by atoms with Gasteiger partial charge in [-0.2, -0.15) is 4.31 Å². The van der Waals surface area contributed by atoms with Crippen LogP contribution in [0.25, 0.3) is 0 Å². The molecule has 3 atom stereocenters. The molecule has 0 aliphatic carbocycles. The number of carbonyl (C=O) groups is 2. The third-order valence-electron chi connectivity index (χ3n) is 6.46. The largest absolute Gasteiger partial charge is 0.390 e. The molecule has 0 saturated carbocycles. The number of hydrogen-bond acceptors (Lipinski definition) is 5. The molecule has 0 aliphatic rings. The van der Waals surface area contributed by atoms with Gasteiger partial charge in [-0.1, -0.05) is 81.6 Å². The fourth-order valence-corrected chi connectivity index (χ4v) is 5.72. The van der Waals surface area contributed by atoms with Crippen molar-refractivity contribution < 1.29 is 23.1 Å². The van der Waals surface area contributed by atoms with Gasteiger partial charge < -0.3 is 15.7 Å². The molecule has 0 unspecified atom stereocenters. The van der Waals surface area contributed by atoms with Gasteiger partial charge in [0.1, 0.15) is 6.04 Å². The van der Waals surface area contributed by atoms with Crippen LogP contribution in [0.15, 0.2) is 59.5 Å². The molecule has 2 rings (SSSR count). The zero-order chi connectivity index (χ0) is 28.3. The van der Waals surface area contributed by atoms with Crippen LogP contribution in [0.3, 0.4) is 0 Å². The summed E-state index contributed by atoms with van der Waals surface area (Å²) in [5, 5.41) is 17.0. The fraction of sp³-hybridized carbons (Fsp3) is 0.517. The highest BCUT2D eigenvalue weighted by Crippen LogP contribution is 2.19. The van der Waals surface area contributed by atoms with Gasteiger partial charge in [0.05, 0.1) is 17.0 Å². The molecule has 9 heteroatoms. The Morgan fingerprint density at radius 1 is 0.974 bits per heavy atom. The quantitative estimate of drug-likeness (QED) is 0.297. The summed E-state index contributed by atoms with van der Waals surface area (Å²) in [4.78, 5) is 25.1. The second-order valence-corrected chi connectivity index (χ2v) is 12.1. The van der Waals surface area contributed by atoms with E-state index in [0.717, 1.165) is 24.0 Å². The van der Waals surface area contributed by atoms with Crippen LogP contribution in [0, 0.1) is 12.8 Å². The van der Waals surface area contributed by atoms with E-state index >= 15 is 0 Å². The maximum atomic E-state index is 13.6. The van der Waals surface area contributed by atoms with E-state index in [9.17, 15) is 23.1 Å². The number of amides is 2. The first-order chi connectivity index (χ1) is 17.9. The van der Waals surface area contributed by atoms with E-state index in [-0.39, 0.29) is 29.8 Å². The normalized spacial score (nSPS) is 14.2. The molecule has 0 bridgehead atoms. The van der Waals surface area contributed by atoms with Gasteiger partial charge in [0.25, 0.3) is 0 Å². The van der Waals surface area contributed by atoms with Crippen molar-refractivity contribution in [2.45, 2.75) is 83.4 Å². The molecule has 2 aromatic rings. The average Bonchev–Trinajstić information content (AvgIpc) is 2.86. The number of rotatable bonds is 15. The Morgan fingerprint density at radius 2 is 1.61 bits per heavy atom. The molecule has 2 aromatic carbocycles. The molecule has 0 aromatic heterocycles. The summed E-state index contributed by atoms with van der Waals surface area (Å²) in [5.41, 5.74) is 1.84. The molecule has 0 aliphatic heterocycles. The highest BCUT2D eigenvalue weighted by Gasteiger charge is 2.32. The maximum absolute atomic E-state index is 13.6. The number of unbranched alkanes of at least 4 members (excludes halogenated alkanes) is 2. The molecule has 3 N–H and O–H groups in total. The molecule has 2 amide bonds. The minimum atomic E-state index is -3.87. The topological polar surface area (TPSA) is 116 Å². The first-order valence-electron chi connectivity index (χ1n) is 13.3. The van der Waals surface area contributed by atoms with Gasteiger partial charge in [-0.25, -0.2) is 8.42 Å². The zero-order valence-corrected chi connectivity index (χ0v) is 24.0. The van der Waals surface area contributed by atoms with Crippen molar-refractivity contribution >= 4 is 21.8 Å². The standard InChI is InChI=1S/C29H43N3O5S/c1-6-7-11-18-32(38(36,37)25-16-14-22(4)15-17-25)20-27(34)26(19-24-12-9-8-10-13-24)31-29(35)28(21(2)3)30-23(5)33/h8-10,12-17,21,26-28,34H,6-7,11,18-20H2,1-5H3,(H,30,33)(H,31,35)/t26-,27+,28-/m0/s1. The molecular formula is C29H43N3O5S. The number of nitrogens with zero attached hydrogens (tertiary/aromatic N) is 1. The van der Waals surface area contributed by atoms with Crippen LogP contribution in [0.1, 0.15) is 58.1 Å². The Bertz CT molecular complexity index is 1120. The van der Waals surface area contributed by atoms with Crippen LogP contribution in [-0.2, 0) is 26.0 Å². The minimum Gasteiger partial charge on any atom is -0.390 e. The van der Waals surface area contributed by atoms with Gasteiger partial charge in [0, 0.05) is 20.0 Å². The Labute approximate surface area is 227 Å². The van der Waals surface area contributed by atoms with Crippen molar-refractivity contribution in [1.29, 1.82) is 0 Å². The summed E-state index contributed by atoms with van der Waals surface area (Å²) in [6, 6.07) is 14.5. The molecule has 8 nitrogen and oxygen atoms in total. The van der Waals surface area contributed by atoms with Crippen LogP contribution in [-0.4, -0.2) is 60.9 Å². The Kier molecular flexibility index (Phi) is 12.4. The predicted octanol–water partition coefficient (Wildman–Crippen LogP) is 3.43. The highest BCUT2D eigenvalue weighted by atomic mass is 32.2. The van der Waals surface area contributed by atoms with Crippen LogP contribution < -0.4 is 10.6 Å². The number of aryl methyl sites for hydroxylation is 1. The first kappa shape index (κ1) is 31.5. The summed E-state index contributed by atoms with van der Waals surface area (Å²) in [5.74, 6) is -0.930. The number of nitrogens with one attached hydrogen (secondary N) is 2. The molecule has 0 saturated heterocycles. The molecule has 0 fully saturated rings. The van der Waals surface area contributed by atoms with Crippen molar-refractivity contribution in [3.63, 3.8) is 0 Å². The van der Waals surface area contributed by atoms with Crippen LogP contribution >= 0.6 is 0 Å². The summed E-state index contributed by atoms with van der Waals surface area (Å²) < 4.78 is 28.5. The van der Waals surface area contributed by atoms with Crippen molar-refractivity contribution in [2.24, 2.45) is 5.92 Å². The van der Waals surface area contributed by atoms with Crippen molar-refractivity contribution in [2.75, 3.05) is 13.1 Å². The monoisotopic (exact) mass is 545 g/mol. The van der Waals surface area contributed by atoms with E-state index in [2.05, 4.69) is 10.6 Å². The third kappa shape index (κ3) is 9.53. The lowest BCUT2D eigenvalue weighted by molar-refractivity contribution is -0.130. The van der Waals surface area contributed by atoms with Gasteiger partial charge in [0.2, 0.25) is 21.8 Å². The van der Waals surface area contributed by atoms with Crippen LogP contribution in [0.4, 0.5) is 0 Å². The maximum Gasteiger partial charge on any atom is 0.243 e. The van der Waals surface area contributed by atoms with Crippen molar-refractivity contribution in [3.05, 3.63) is 65.7 Å². The SMILES string of the molecule is CCCCCN(C[C@@H](O)[C@H](Cc1ccccc1)NC(=O)[C@@H](NC(C)=O)C(C)C)S(=O)(=O)c1ccc(C)cc1. The number of hydrogen-bond donors (Lipinski definition) is 3. The molecule has 38 heavy (non-hydrogen) atoms. The number of sulfonamides is 1. The molecule has 0 heterocycles. The number of benzene rings is 2. The second kappa shape index (κ2) is 15.0. The minimum absolute atomic E-state index is 0.168. The van der Waals surface area contributed by atoms with Gasteiger partial charge in [-0.05, 0) is 43.4 Å². The number of carbonyl (C=O) groups excluding carboxylic acids is 2. The highest BCUT2D eigenvalue weighted by molar-refractivity contribution is 7.89. The van der Waals surface area contributed by atoms with Crippen molar-refractivity contribution in [1.82, 2.24) is 14.9 Å². The van der Waals surface area contributed by atoms with E-state index < -0.39 is 34.1 Å². The van der Waals surface area contributed by atoms with E-state index in [0.29, 0.717) is 12.8 Å². The van der Waals surface area contributed by atoms with Crippen molar-refractivity contribution in [3.8, 4) is 0 Å². The predicted molar refractivity (Wildman–Crippen MR) is 150 cm³/mol. The lowest BCUT2D eigenvalue weighted by Gasteiger charge is -2.31. The van der Waals surface area contributed by atoms with E-state index in [4.69, 9.17) is 0 Å². The summed E-state index contributed by atoms with van der Waals surface area (Å²) in [6.45, 7) is 9.01. The van der Waals surface area contributed by atoms with Crippen LogP contribution in [0.2, 0.25) is 0 Å². The molecular weight excluding hydrogens is 502 g/mol. The second-order valence-electron chi connectivity index (χ2n) is 10.2. The van der Waals surface area contributed by atoms with Gasteiger partial charge in [-0.15, -0.1) is 0 Å². The van der Waals surface area contributed by atoms with E-state index in [1.807, 2.05) is 58.0 Å². The average molecular weight is 546 g/mol. The molecule has 0 spiro atoms. The lowest BCUT2D eigenvalue weighted by Crippen LogP contribution is -2.56. The Balaban J connectivity index is 2.35. The summed E-state index contributed by atoms with van der Waals surface area (Å²) >= 11 is 0. The van der Waals surface area contributed by atoms with Gasteiger partial charge in [0.15, 0.2) is 0 Å². The lowest BCUT2D eigenvalue weighted by atomic mass is 9.98. The van der Waals surface area contributed by atoms with Gasteiger partial charge >= 0.3 is 0 Å². The zero-order valence-electron chi connectivity index (χ0n) is 23.2. The smallest absolute Gasteiger partial charge is 0.243 e. The van der Waals surface area contributed by atoms with E-state index in [1.165, 1.54) is 11.2 Å². The fourth-order valence-electron chi connectivity index (χ4n) is 4.22. The summed E-state index contributed by atoms with van der Waals surface area (Å²) in [6.07, 6.45) is 1.54. The Hall–Kier alpha value is -2.75. The number of aliphatic hydroxyl groups excluding tert-OH is 1. The van der Waals surface area contributed by atoms with Gasteiger partial charge in [-0.3, -0.25) is 9.59 Å². The third-order valence-corrected chi connectivity index (χ3v) is 8.34. The molecule has 0 radical (unpaired) electrons. The Morgan fingerprint density at radius 3 is 2.16 bits per heavy atom.